The number of methoxy groups -OCH3 is 1. The number of nitrogens with one attached hydrogen (secondary N) is 1. The molecule has 0 saturated heterocycles. The van der Waals surface area contributed by atoms with Crippen molar-refractivity contribution in [1.29, 1.82) is 0 Å². The van der Waals surface area contributed by atoms with E-state index in [1.807, 2.05) is 0 Å². The van der Waals surface area contributed by atoms with E-state index >= 15 is 0 Å². The van der Waals surface area contributed by atoms with E-state index in [9.17, 15) is 18.0 Å². The molecule has 9 nitrogen and oxygen atoms in total. The smallest absolute Gasteiger partial charge is 0.422 e. The van der Waals surface area contributed by atoms with Gasteiger partial charge in [0.05, 0.1) is 12.8 Å². The molecule has 0 saturated carbocycles. The standard InChI is InChI=1S/C8H11N3O6S2/c1-4-5(7(12)13)6(18-9-4)11(2)19(15,16)10-8(14)17-3/h1-3H3,(H,10,14)(H,12,13). The highest BCUT2D eigenvalue weighted by atomic mass is 32.2. The molecule has 1 aromatic rings. The average Bonchev–Trinajstić information content (AvgIpc) is 2.69. The van der Waals surface area contributed by atoms with Crippen molar-refractivity contribution in [2.24, 2.45) is 0 Å². The first-order valence-electron chi connectivity index (χ1n) is 4.75. The van der Waals surface area contributed by atoms with Crippen LogP contribution in [0.2, 0.25) is 0 Å². The number of hydrogen-bond donors (Lipinski definition) is 2. The number of aromatic carboxylic acids is 1. The van der Waals surface area contributed by atoms with Crippen LogP contribution in [0, 0.1) is 6.92 Å². The minimum Gasteiger partial charge on any atom is -0.478 e. The van der Waals surface area contributed by atoms with E-state index in [-0.39, 0.29) is 16.3 Å². The summed E-state index contributed by atoms with van der Waals surface area (Å²) < 4.78 is 33.7. The Balaban J connectivity index is 3.17. The molecular formula is C8H11N3O6S2. The van der Waals surface area contributed by atoms with E-state index in [1.54, 1.807) is 4.72 Å². The molecule has 106 valence electrons. The van der Waals surface area contributed by atoms with Crippen LogP contribution in [0.5, 0.6) is 0 Å². The second kappa shape index (κ2) is 5.40. The minimum atomic E-state index is -4.25. The zero-order valence-corrected chi connectivity index (χ0v) is 11.8. The van der Waals surface area contributed by atoms with Gasteiger partial charge in [0.2, 0.25) is 0 Å². The lowest BCUT2D eigenvalue weighted by Crippen LogP contribution is -2.41. The SMILES string of the molecule is COC(=O)NS(=O)(=O)N(C)c1snc(C)c1C(=O)O. The van der Waals surface area contributed by atoms with Crippen LogP contribution >= 0.6 is 11.5 Å². The van der Waals surface area contributed by atoms with Crippen molar-refractivity contribution >= 4 is 38.8 Å². The number of amides is 1. The number of aromatic nitrogens is 1. The fraction of sp³-hybridized carbons (Fsp3) is 0.375. The summed E-state index contributed by atoms with van der Waals surface area (Å²) in [4.78, 5) is 22.0. The molecule has 11 heteroatoms. The summed E-state index contributed by atoms with van der Waals surface area (Å²) in [6.07, 6.45) is -1.18. The topological polar surface area (TPSA) is 126 Å². The predicted octanol–water partition coefficient (Wildman–Crippen LogP) is 0.187. The number of carbonyl (C=O) groups is 2. The molecule has 0 aromatic carbocycles. The molecule has 2 N–H and O–H groups in total. The van der Waals surface area contributed by atoms with Crippen molar-refractivity contribution in [3.63, 3.8) is 0 Å². The highest BCUT2D eigenvalue weighted by Gasteiger charge is 2.28. The highest BCUT2D eigenvalue weighted by Crippen LogP contribution is 2.29. The summed E-state index contributed by atoms with van der Waals surface area (Å²) in [5.74, 6) is -1.30. The number of rotatable bonds is 4. The zero-order chi connectivity index (χ0) is 14.8. The number of nitrogens with zero attached hydrogens (tertiary/aromatic N) is 2. The Morgan fingerprint density at radius 2 is 2.05 bits per heavy atom. The molecule has 0 radical (unpaired) electrons. The van der Waals surface area contributed by atoms with E-state index < -0.39 is 22.3 Å². The van der Waals surface area contributed by atoms with Crippen LogP contribution in [0.3, 0.4) is 0 Å². The molecular weight excluding hydrogens is 298 g/mol. The van der Waals surface area contributed by atoms with Crippen LogP contribution < -0.4 is 9.03 Å². The molecule has 1 aromatic heterocycles. The fourth-order valence-corrected chi connectivity index (χ4v) is 3.03. The van der Waals surface area contributed by atoms with E-state index in [1.165, 1.54) is 6.92 Å². The summed E-state index contributed by atoms with van der Waals surface area (Å²) in [6.45, 7) is 1.44. The van der Waals surface area contributed by atoms with E-state index in [4.69, 9.17) is 5.11 Å². The molecule has 0 spiro atoms. The molecule has 0 atom stereocenters. The first-order valence-corrected chi connectivity index (χ1v) is 6.96. The van der Waals surface area contributed by atoms with Gasteiger partial charge in [-0.15, -0.1) is 0 Å². The first kappa shape index (κ1) is 15.2. The van der Waals surface area contributed by atoms with Crippen LogP contribution in [0.15, 0.2) is 0 Å². The molecule has 0 aliphatic carbocycles. The third-order valence-corrected chi connectivity index (χ3v) is 4.56. The number of ether oxygens (including phenoxy) is 1. The molecule has 0 fully saturated rings. The van der Waals surface area contributed by atoms with Crippen molar-refractivity contribution in [3.8, 4) is 0 Å². The van der Waals surface area contributed by atoms with Gasteiger partial charge in [-0.3, -0.25) is 0 Å². The normalized spacial score (nSPS) is 10.9. The van der Waals surface area contributed by atoms with Gasteiger partial charge in [0.25, 0.3) is 0 Å². The molecule has 1 amide bonds. The van der Waals surface area contributed by atoms with E-state index in [0.717, 1.165) is 14.2 Å². The molecule has 0 unspecified atom stereocenters. The predicted molar refractivity (Wildman–Crippen MR) is 66.7 cm³/mol. The maximum absolute atomic E-state index is 11.8. The lowest BCUT2D eigenvalue weighted by Gasteiger charge is -2.17. The number of carbonyl (C=O) groups excluding carboxylic acids is 1. The highest BCUT2D eigenvalue weighted by molar-refractivity contribution is 7.91. The number of hydrogen-bond acceptors (Lipinski definition) is 7. The van der Waals surface area contributed by atoms with Crippen molar-refractivity contribution < 1.29 is 27.9 Å². The Morgan fingerprint density at radius 1 is 1.47 bits per heavy atom. The molecule has 19 heavy (non-hydrogen) atoms. The monoisotopic (exact) mass is 309 g/mol. The summed E-state index contributed by atoms with van der Waals surface area (Å²) in [6, 6.07) is 0. The average molecular weight is 309 g/mol. The number of aryl methyl sites for hydroxylation is 1. The van der Waals surface area contributed by atoms with Crippen molar-refractivity contribution in [3.05, 3.63) is 11.3 Å². The summed E-state index contributed by atoms with van der Waals surface area (Å²) >= 11 is 0.698. The third kappa shape index (κ3) is 3.12. The Morgan fingerprint density at radius 3 is 2.53 bits per heavy atom. The Kier molecular flexibility index (Phi) is 4.32. The maximum Gasteiger partial charge on any atom is 0.422 e. The van der Waals surface area contributed by atoms with Gasteiger partial charge in [-0.05, 0) is 18.5 Å². The maximum atomic E-state index is 11.8. The van der Waals surface area contributed by atoms with Crippen molar-refractivity contribution in [2.45, 2.75) is 6.92 Å². The summed E-state index contributed by atoms with van der Waals surface area (Å²) in [7, 11) is -2.15. The molecule has 1 rings (SSSR count). The molecule has 1 heterocycles. The van der Waals surface area contributed by atoms with Gasteiger partial charge in [0.15, 0.2) is 0 Å². The van der Waals surface area contributed by atoms with Crippen molar-refractivity contribution in [2.75, 3.05) is 18.5 Å². The Labute approximate surface area is 113 Å². The summed E-state index contributed by atoms with van der Waals surface area (Å²) in [5.41, 5.74) is -0.0460. The quantitative estimate of drug-likeness (QED) is 0.812. The van der Waals surface area contributed by atoms with Gasteiger partial charge in [-0.25, -0.2) is 18.6 Å². The largest absolute Gasteiger partial charge is 0.478 e. The van der Waals surface area contributed by atoms with E-state index in [0.29, 0.717) is 15.8 Å². The second-order valence-electron chi connectivity index (χ2n) is 3.32. The van der Waals surface area contributed by atoms with Gasteiger partial charge in [-0.1, -0.05) is 0 Å². The number of carboxylic acid groups (broad SMARTS) is 1. The van der Waals surface area contributed by atoms with E-state index in [2.05, 4.69) is 9.11 Å². The van der Waals surface area contributed by atoms with Crippen LogP contribution in [-0.4, -0.2) is 44.1 Å². The van der Waals surface area contributed by atoms with Crippen LogP contribution in [0.1, 0.15) is 16.1 Å². The minimum absolute atomic E-state index is 0.110. The Hall–Kier alpha value is -1.88. The Bertz CT molecular complexity index is 608. The molecule has 0 aliphatic heterocycles. The van der Waals surface area contributed by atoms with Gasteiger partial charge in [0.1, 0.15) is 10.6 Å². The van der Waals surface area contributed by atoms with Crippen LogP contribution in [0.4, 0.5) is 9.80 Å². The molecule has 0 bridgehead atoms. The second-order valence-corrected chi connectivity index (χ2v) is 5.77. The van der Waals surface area contributed by atoms with Gasteiger partial charge in [0, 0.05) is 7.05 Å². The summed E-state index contributed by atoms with van der Waals surface area (Å²) in [5, 5.41) is 8.90. The first-order chi connectivity index (χ1) is 8.70. The van der Waals surface area contributed by atoms with Gasteiger partial charge >= 0.3 is 22.3 Å². The lowest BCUT2D eigenvalue weighted by molar-refractivity contribution is 0.0697. The van der Waals surface area contributed by atoms with Gasteiger partial charge < -0.3 is 9.84 Å². The van der Waals surface area contributed by atoms with Gasteiger partial charge in [-0.2, -0.15) is 12.8 Å². The third-order valence-electron chi connectivity index (χ3n) is 2.10. The number of carboxylic acids is 1. The van der Waals surface area contributed by atoms with Crippen LogP contribution in [0.25, 0.3) is 0 Å². The lowest BCUT2D eigenvalue weighted by atomic mass is 10.2. The number of anilines is 1. The fourth-order valence-electron chi connectivity index (χ4n) is 1.14. The zero-order valence-electron chi connectivity index (χ0n) is 10.2. The van der Waals surface area contributed by atoms with Crippen LogP contribution in [-0.2, 0) is 14.9 Å². The van der Waals surface area contributed by atoms with Crippen molar-refractivity contribution in [1.82, 2.24) is 9.10 Å². The molecule has 0 aliphatic rings.